The molecule has 0 aliphatic rings. The molecule has 0 spiro atoms. The van der Waals surface area contributed by atoms with Gasteiger partial charge in [0.2, 0.25) is 11.9 Å². The zero-order valence-corrected chi connectivity index (χ0v) is 20.4. The first kappa shape index (κ1) is 26.9. The van der Waals surface area contributed by atoms with Crippen molar-refractivity contribution >= 4 is 27.6 Å². The van der Waals surface area contributed by atoms with Crippen molar-refractivity contribution in [2.24, 2.45) is 5.73 Å². The highest BCUT2D eigenvalue weighted by molar-refractivity contribution is 7.92. The van der Waals surface area contributed by atoms with Gasteiger partial charge in [-0.05, 0) is 50.1 Å². The molecule has 0 bridgehead atoms. The van der Waals surface area contributed by atoms with Crippen LogP contribution in [-0.4, -0.2) is 49.6 Å². The third kappa shape index (κ3) is 7.59. The molecule has 34 heavy (non-hydrogen) atoms. The Morgan fingerprint density at radius 3 is 2.62 bits per heavy atom. The number of rotatable bonds is 12. The maximum absolute atomic E-state index is 12.9. The first-order valence-electron chi connectivity index (χ1n) is 10.9. The number of carbonyl (C=O) groups is 1. The van der Waals surface area contributed by atoms with E-state index >= 15 is 0 Å². The topological polar surface area (TPSA) is 160 Å². The van der Waals surface area contributed by atoms with Crippen molar-refractivity contribution in [3.05, 3.63) is 58.0 Å². The molecule has 0 saturated heterocycles. The zero-order chi connectivity index (χ0) is 25.3. The third-order valence-corrected chi connectivity index (χ3v) is 6.26. The first-order chi connectivity index (χ1) is 16.0. The van der Waals surface area contributed by atoms with Gasteiger partial charge in [0.05, 0.1) is 11.5 Å². The van der Waals surface area contributed by atoms with Crippen LogP contribution in [0.25, 0.3) is 0 Å². The standard InChI is InChI=1S/C22H32N6O5S/c1-4-5-12-28(22(23)24)33-13-11-25-20(29)15-27-17(3)9-10-19(21(27)30)26-34(31,32)18-8-6-7-16(2)14-18/h6-10,14,26H,4-5,11-13,15H2,1-3H3,(H3,23,24)(H,25,29). The number of nitrogens with two attached hydrogens (primary N) is 1. The molecule has 2 aromatic rings. The third-order valence-electron chi connectivity index (χ3n) is 4.89. The van der Waals surface area contributed by atoms with Gasteiger partial charge >= 0.3 is 0 Å². The largest absolute Gasteiger partial charge is 0.368 e. The van der Waals surface area contributed by atoms with E-state index in [1.165, 1.54) is 27.8 Å². The smallest absolute Gasteiger partial charge is 0.275 e. The molecule has 1 amide bonds. The molecule has 0 saturated carbocycles. The molecule has 0 radical (unpaired) electrons. The van der Waals surface area contributed by atoms with Crippen LogP contribution in [0, 0.1) is 19.3 Å². The van der Waals surface area contributed by atoms with E-state index in [9.17, 15) is 18.0 Å². The Bertz CT molecular complexity index is 1180. The molecule has 0 aliphatic heterocycles. The predicted octanol–water partition coefficient (Wildman–Crippen LogP) is 1.31. The average Bonchev–Trinajstić information content (AvgIpc) is 2.77. The zero-order valence-electron chi connectivity index (χ0n) is 19.6. The van der Waals surface area contributed by atoms with Crippen molar-refractivity contribution in [1.82, 2.24) is 14.9 Å². The summed E-state index contributed by atoms with van der Waals surface area (Å²) in [6.07, 6.45) is 1.72. The highest BCUT2D eigenvalue weighted by Crippen LogP contribution is 2.15. The minimum Gasteiger partial charge on any atom is -0.368 e. The van der Waals surface area contributed by atoms with Crippen molar-refractivity contribution in [2.45, 2.75) is 45.1 Å². The number of unbranched alkanes of at least 4 members (excludes halogenated alkanes) is 1. The number of hydrogen-bond donors (Lipinski definition) is 4. The normalized spacial score (nSPS) is 11.1. The van der Waals surface area contributed by atoms with Crippen LogP contribution in [0.3, 0.4) is 0 Å². The van der Waals surface area contributed by atoms with Crippen LogP contribution >= 0.6 is 0 Å². The van der Waals surface area contributed by atoms with E-state index in [1.807, 2.05) is 6.92 Å². The highest BCUT2D eigenvalue weighted by Gasteiger charge is 2.18. The molecule has 5 N–H and O–H groups in total. The predicted molar refractivity (Wildman–Crippen MR) is 130 cm³/mol. The van der Waals surface area contributed by atoms with Crippen LogP contribution in [-0.2, 0) is 26.2 Å². The lowest BCUT2D eigenvalue weighted by atomic mass is 10.2. The van der Waals surface area contributed by atoms with Crippen LogP contribution in [0.2, 0.25) is 0 Å². The van der Waals surface area contributed by atoms with Gasteiger partial charge in [0.25, 0.3) is 15.6 Å². The number of hydroxylamine groups is 2. The number of carbonyl (C=O) groups excluding carboxylic acids is 1. The maximum atomic E-state index is 12.9. The number of aryl methyl sites for hydroxylation is 2. The number of amides is 1. The first-order valence-corrected chi connectivity index (χ1v) is 12.3. The van der Waals surface area contributed by atoms with Crippen LogP contribution in [0.5, 0.6) is 0 Å². The summed E-state index contributed by atoms with van der Waals surface area (Å²) < 4.78 is 28.9. The number of guanidine groups is 1. The van der Waals surface area contributed by atoms with E-state index in [4.69, 9.17) is 16.0 Å². The monoisotopic (exact) mass is 492 g/mol. The number of benzene rings is 1. The summed E-state index contributed by atoms with van der Waals surface area (Å²) in [5, 5.41) is 11.4. The van der Waals surface area contributed by atoms with Crippen molar-refractivity contribution < 1.29 is 18.0 Å². The van der Waals surface area contributed by atoms with E-state index in [0.717, 1.165) is 18.4 Å². The highest BCUT2D eigenvalue weighted by atomic mass is 32.2. The molecule has 1 heterocycles. The number of pyridine rings is 1. The molecule has 11 nitrogen and oxygen atoms in total. The molecule has 2 rings (SSSR count). The quantitative estimate of drug-likeness (QED) is 0.150. The second-order valence-electron chi connectivity index (χ2n) is 7.73. The molecule has 1 aromatic heterocycles. The second kappa shape index (κ2) is 12.2. The lowest BCUT2D eigenvalue weighted by Gasteiger charge is -2.21. The van der Waals surface area contributed by atoms with Gasteiger partial charge in [0.15, 0.2) is 0 Å². The van der Waals surface area contributed by atoms with E-state index in [0.29, 0.717) is 12.2 Å². The second-order valence-corrected chi connectivity index (χ2v) is 9.41. The Labute approximate surface area is 199 Å². The molecular formula is C22H32N6O5S. The van der Waals surface area contributed by atoms with Crippen LogP contribution in [0.15, 0.2) is 46.1 Å². The van der Waals surface area contributed by atoms with E-state index in [1.54, 1.807) is 32.0 Å². The van der Waals surface area contributed by atoms with Crippen molar-refractivity contribution in [1.29, 1.82) is 5.41 Å². The summed E-state index contributed by atoms with van der Waals surface area (Å²) >= 11 is 0. The van der Waals surface area contributed by atoms with Crippen molar-refractivity contribution in [3.63, 3.8) is 0 Å². The Hall–Kier alpha value is -3.38. The summed E-state index contributed by atoms with van der Waals surface area (Å²) in [6, 6.07) is 9.26. The van der Waals surface area contributed by atoms with Gasteiger partial charge in [-0.25, -0.2) is 13.5 Å². The van der Waals surface area contributed by atoms with Gasteiger partial charge in [-0.1, -0.05) is 25.5 Å². The fourth-order valence-electron chi connectivity index (χ4n) is 3.03. The molecule has 12 heteroatoms. The fraction of sp³-hybridized carbons (Fsp3) is 0.409. The van der Waals surface area contributed by atoms with Crippen molar-refractivity contribution in [3.8, 4) is 0 Å². The van der Waals surface area contributed by atoms with E-state index in [-0.39, 0.29) is 36.2 Å². The minimum atomic E-state index is -3.97. The number of nitrogens with zero attached hydrogens (tertiary/aromatic N) is 2. The van der Waals surface area contributed by atoms with Crippen LogP contribution in [0.4, 0.5) is 5.69 Å². The SMILES string of the molecule is CCCCN(OCCNC(=O)Cn1c(C)ccc(NS(=O)(=O)c2cccc(C)c2)c1=O)C(=N)N. The van der Waals surface area contributed by atoms with Crippen molar-refractivity contribution in [2.75, 3.05) is 24.4 Å². The number of hydrogen-bond acceptors (Lipinski definition) is 6. The fourth-order valence-corrected chi connectivity index (χ4v) is 4.19. The summed E-state index contributed by atoms with van der Waals surface area (Å²) in [5.74, 6) is -0.665. The summed E-state index contributed by atoms with van der Waals surface area (Å²) in [5.41, 5.74) is 5.94. The van der Waals surface area contributed by atoms with Gasteiger partial charge in [-0.15, -0.1) is 0 Å². The van der Waals surface area contributed by atoms with Gasteiger partial charge in [-0.3, -0.25) is 24.6 Å². The maximum Gasteiger partial charge on any atom is 0.275 e. The lowest BCUT2D eigenvalue weighted by Crippen LogP contribution is -2.40. The number of aromatic nitrogens is 1. The Balaban J connectivity index is 2.02. The summed E-state index contributed by atoms with van der Waals surface area (Å²) in [6.45, 7) is 5.84. The number of nitrogens with one attached hydrogen (secondary N) is 3. The molecule has 0 aliphatic carbocycles. The molecular weight excluding hydrogens is 460 g/mol. The molecule has 0 fully saturated rings. The molecule has 0 unspecified atom stereocenters. The Morgan fingerprint density at radius 2 is 1.97 bits per heavy atom. The van der Waals surface area contributed by atoms with E-state index < -0.39 is 21.5 Å². The van der Waals surface area contributed by atoms with Gasteiger partial charge in [0.1, 0.15) is 12.2 Å². The molecule has 0 atom stereocenters. The molecule has 1 aromatic carbocycles. The lowest BCUT2D eigenvalue weighted by molar-refractivity contribution is -0.124. The minimum absolute atomic E-state index is 0.0373. The average molecular weight is 493 g/mol. The van der Waals surface area contributed by atoms with E-state index in [2.05, 4.69) is 10.0 Å². The van der Waals surface area contributed by atoms with Gasteiger partial charge in [-0.2, -0.15) is 0 Å². The van der Waals surface area contributed by atoms with Crippen LogP contribution in [0.1, 0.15) is 31.0 Å². The van der Waals surface area contributed by atoms with Gasteiger partial charge in [0, 0.05) is 18.8 Å². The molecule has 186 valence electrons. The Morgan fingerprint density at radius 1 is 1.24 bits per heavy atom. The number of anilines is 1. The Kier molecular flexibility index (Phi) is 9.63. The summed E-state index contributed by atoms with van der Waals surface area (Å²) in [7, 11) is -3.97. The van der Waals surface area contributed by atoms with Gasteiger partial charge < -0.3 is 15.6 Å². The summed E-state index contributed by atoms with van der Waals surface area (Å²) in [4.78, 5) is 30.7. The number of sulfonamides is 1. The van der Waals surface area contributed by atoms with Crippen LogP contribution < -0.4 is 21.3 Å².